The molecule has 0 saturated carbocycles. The first-order chi connectivity index (χ1) is 7.76. The molecule has 1 aromatic carbocycles. The third-order valence-corrected chi connectivity index (χ3v) is 4.95. The Balaban J connectivity index is 2.93. The van der Waals surface area contributed by atoms with Gasteiger partial charge < -0.3 is 5.32 Å². The molecule has 0 saturated heterocycles. The van der Waals surface area contributed by atoms with Gasteiger partial charge >= 0.3 is 0 Å². The Morgan fingerprint density at radius 3 is 2.41 bits per heavy atom. The lowest BCUT2D eigenvalue weighted by Gasteiger charge is -2.23. The molecular weight excluding hydrogens is 254 g/mol. The van der Waals surface area contributed by atoms with Crippen molar-refractivity contribution >= 4 is 27.3 Å². The highest BCUT2D eigenvalue weighted by atomic mass is 32.2. The van der Waals surface area contributed by atoms with Gasteiger partial charge in [0.2, 0.25) is 0 Å². The zero-order valence-corrected chi connectivity index (χ0v) is 12.3. The Morgan fingerprint density at radius 2 is 1.88 bits per heavy atom. The van der Waals surface area contributed by atoms with Gasteiger partial charge in [-0.2, -0.15) is 11.8 Å². The van der Waals surface area contributed by atoms with Gasteiger partial charge in [-0.25, -0.2) is 8.42 Å². The Morgan fingerprint density at radius 1 is 1.29 bits per heavy atom. The fourth-order valence-corrected chi connectivity index (χ4v) is 2.40. The molecule has 0 aliphatic rings. The van der Waals surface area contributed by atoms with Crippen molar-refractivity contribution in [1.82, 2.24) is 0 Å². The number of hydrogen-bond donors (Lipinski definition) is 1. The van der Waals surface area contributed by atoms with Crippen LogP contribution in [0.5, 0.6) is 0 Å². The fraction of sp³-hybridized carbons (Fsp3) is 0.500. The smallest absolute Gasteiger partial charge is 0.177 e. The second kappa shape index (κ2) is 5.31. The van der Waals surface area contributed by atoms with Crippen molar-refractivity contribution < 1.29 is 8.42 Å². The number of para-hydroxylation sites is 1. The summed E-state index contributed by atoms with van der Waals surface area (Å²) in [4.78, 5) is 0.358. The molecule has 0 radical (unpaired) electrons. The van der Waals surface area contributed by atoms with Crippen molar-refractivity contribution in [2.75, 3.05) is 24.4 Å². The molecule has 0 aliphatic heterocycles. The quantitative estimate of drug-likeness (QED) is 0.896. The number of hydrogen-bond acceptors (Lipinski definition) is 4. The molecule has 1 rings (SSSR count). The summed E-state index contributed by atoms with van der Waals surface area (Å²) in [5.74, 6) is 0. The average Bonchev–Trinajstić information content (AvgIpc) is 2.26. The van der Waals surface area contributed by atoms with Gasteiger partial charge in [0.25, 0.3) is 0 Å². The van der Waals surface area contributed by atoms with Crippen molar-refractivity contribution in [3.05, 3.63) is 24.3 Å². The van der Waals surface area contributed by atoms with Gasteiger partial charge in [-0.05, 0) is 32.2 Å². The molecule has 0 bridgehead atoms. The van der Waals surface area contributed by atoms with Crippen molar-refractivity contribution in [2.24, 2.45) is 0 Å². The highest BCUT2D eigenvalue weighted by Gasteiger charge is 2.18. The molecule has 0 unspecified atom stereocenters. The summed E-state index contributed by atoms with van der Waals surface area (Å²) in [6.45, 7) is 4.96. The third-order valence-electron chi connectivity index (χ3n) is 2.54. The Kier molecular flexibility index (Phi) is 4.49. The number of anilines is 1. The van der Waals surface area contributed by atoms with E-state index < -0.39 is 9.84 Å². The van der Waals surface area contributed by atoms with Crippen LogP contribution in [0.25, 0.3) is 0 Å². The van der Waals surface area contributed by atoms with E-state index in [9.17, 15) is 8.42 Å². The van der Waals surface area contributed by atoms with Crippen molar-refractivity contribution in [3.63, 3.8) is 0 Å². The largest absolute Gasteiger partial charge is 0.383 e. The average molecular weight is 273 g/mol. The monoisotopic (exact) mass is 273 g/mol. The van der Waals surface area contributed by atoms with Crippen LogP contribution < -0.4 is 5.32 Å². The van der Waals surface area contributed by atoms with Gasteiger partial charge in [-0.15, -0.1) is 0 Å². The van der Waals surface area contributed by atoms with E-state index in [1.165, 1.54) is 6.26 Å². The second-order valence-electron chi connectivity index (χ2n) is 4.59. The minimum atomic E-state index is -3.18. The summed E-state index contributed by atoms with van der Waals surface area (Å²) in [5, 5.41) is 3.21. The molecule has 0 fully saturated rings. The van der Waals surface area contributed by atoms with Crippen LogP contribution in [-0.2, 0) is 9.84 Å². The van der Waals surface area contributed by atoms with E-state index >= 15 is 0 Å². The zero-order chi connectivity index (χ0) is 13.1. The molecule has 17 heavy (non-hydrogen) atoms. The van der Waals surface area contributed by atoms with Gasteiger partial charge in [-0.3, -0.25) is 0 Å². The molecular formula is C12H19NO2S2. The van der Waals surface area contributed by atoms with Crippen LogP contribution in [0.4, 0.5) is 5.69 Å². The number of benzene rings is 1. The number of nitrogens with one attached hydrogen (secondary N) is 1. The lowest BCUT2D eigenvalue weighted by Crippen LogP contribution is -2.26. The van der Waals surface area contributed by atoms with E-state index in [2.05, 4.69) is 19.2 Å². The zero-order valence-electron chi connectivity index (χ0n) is 10.6. The summed E-state index contributed by atoms with van der Waals surface area (Å²) < 4.78 is 23.3. The highest BCUT2D eigenvalue weighted by Crippen LogP contribution is 2.25. The number of sulfone groups is 1. The van der Waals surface area contributed by atoms with E-state index in [1.807, 2.05) is 12.3 Å². The van der Waals surface area contributed by atoms with Gasteiger partial charge in [0.05, 0.1) is 10.6 Å². The normalized spacial score (nSPS) is 12.5. The molecule has 5 heteroatoms. The topological polar surface area (TPSA) is 46.2 Å². The van der Waals surface area contributed by atoms with E-state index in [0.29, 0.717) is 10.6 Å². The summed E-state index contributed by atoms with van der Waals surface area (Å²) in [7, 11) is -3.18. The highest BCUT2D eigenvalue weighted by molar-refractivity contribution is 7.99. The van der Waals surface area contributed by atoms with Crippen LogP contribution in [0.1, 0.15) is 13.8 Å². The van der Waals surface area contributed by atoms with Crippen LogP contribution in [-0.4, -0.2) is 32.2 Å². The third kappa shape index (κ3) is 4.24. The van der Waals surface area contributed by atoms with Crippen LogP contribution >= 0.6 is 11.8 Å². The maximum atomic E-state index is 11.6. The number of rotatable bonds is 5. The predicted octanol–water partition coefficient (Wildman–Crippen LogP) is 2.64. The molecule has 1 N–H and O–H groups in total. The van der Waals surface area contributed by atoms with Gasteiger partial charge in [0.1, 0.15) is 0 Å². The standard InChI is InChI=1S/C12H19NO2S2/c1-12(2,16-3)9-13-10-7-5-6-8-11(10)17(4,14)15/h5-8,13H,9H2,1-4H3. The van der Waals surface area contributed by atoms with E-state index in [1.54, 1.807) is 30.0 Å². The summed E-state index contributed by atoms with van der Waals surface area (Å²) in [5.41, 5.74) is 0.678. The van der Waals surface area contributed by atoms with Crippen LogP contribution in [0, 0.1) is 0 Å². The molecule has 0 aliphatic carbocycles. The van der Waals surface area contributed by atoms with E-state index in [0.717, 1.165) is 6.54 Å². The first-order valence-electron chi connectivity index (χ1n) is 5.34. The van der Waals surface area contributed by atoms with Crippen molar-refractivity contribution in [2.45, 2.75) is 23.5 Å². The Bertz CT molecular complexity index is 481. The van der Waals surface area contributed by atoms with Gasteiger partial charge in [0.15, 0.2) is 9.84 Å². The molecule has 0 aromatic heterocycles. The molecule has 0 spiro atoms. The SMILES string of the molecule is CSC(C)(C)CNc1ccccc1S(C)(=O)=O. The molecule has 0 atom stereocenters. The van der Waals surface area contributed by atoms with E-state index in [-0.39, 0.29) is 4.75 Å². The summed E-state index contributed by atoms with van der Waals surface area (Å²) in [6.07, 6.45) is 3.28. The first-order valence-corrected chi connectivity index (χ1v) is 8.46. The van der Waals surface area contributed by atoms with Gasteiger partial charge in [0, 0.05) is 17.5 Å². The maximum absolute atomic E-state index is 11.6. The van der Waals surface area contributed by atoms with E-state index in [4.69, 9.17) is 0 Å². The molecule has 96 valence electrons. The number of thioether (sulfide) groups is 1. The maximum Gasteiger partial charge on any atom is 0.177 e. The minimum absolute atomic E-state index is 0.0740. The van der Waals surface area contributed by atoms with Gasteiger partial charge in [-0.1, -0.05) is 12.1 Å². The van der Waals surface area contributed by atoms with Crippen LogP contribution in [0.3, 0.4) is 0 Å². The predicted molar refractivity (Wildman–Crippen MR) is 75.6 cm³/mol. The van der Waals surface area contributed by atoms with Crippen molar-refractivity contribution in [1.29, 1.82) is 0 Å². The van der Waals surface area contributed by atoms with Crippen LogP contribution in [0.2, 0.25) is 0 Å². The molecule has 3 nitrogen and oxygen atoms in total. The summed E-state index contributed by atoms with van der Waals surface area (Å²) in [6, 6.07) is 7.00. The fourth-order valence-electron chi connectivity index (χ4n) is 1.32. The second-order valence-corrected chi connectivity index (χ2v) is 8.08. The molecule has 0 heterocycles. The van der Waals surface area contributed by atoms with Crippen molar-refractivity contribution in [3.8, 4) is 0 Å². The lowest BCUT2D eigenvalue weighted by molar-refractivity contribution is 0.602. The van der Waals surface area contributed by atoms with Crippen LogP contribution in [0.15, 0.2) is 29.2 Å². The first kappa shape index (κ1) is 14.4. The Hall–Kier alpha value is -0.680. The Labute approximate surface area is 108 Å². The summed E-state index contributed by atoms with van der Waals surface area (Å²) >= 11 is 1.75. The minimum Gasteiger partial charge on any atom is -0.383 e. The molecule has 1 aromatic rings. The lowest BCUT2D eigenvalue weighted by atomic mass is 10.2. The molecule has 0 amide bonds.